The molecule has 0 aliphatic carbocycles. The van der Waals surface area contributed by atoms with E-state index < -0.39 is 0 Å². The van der Waals surface area contributed by atoms with Crippen LogP contribution in [0.4, 0.5) is 0 Å². The molecule has 1 rings (SSSR count). The SMILES string of the molecule is CC.CNC(=O)C1CN(C)CCO1. The normalized spacial score (nSPS) is 22.9. The molecule has 1 unspecified atom stereocenters. The second-order valence-corrected chi connectivity index (χ2v) is 2.74. The highest BCUT2D eigenvalue weighted by Crippen LogP contribution is 2.01. The van der Waals surface area contributed by atoms with Crippen LogP contribution in [0.2, 0.25) is 0 Å². The minimum Gasteiger partial charge on any atom is -0.366 e. The molecule has 0 bridgehead atoms. The fraction of sp³-hybridized carbons (Fsp3) is 0.889. The highest BCUT2D eigenvalue weighted by atomic mass is 16.5. The first-order valence-electron chi connectivity index (χ1n) is 4.76. The van der Waals surface area contributed by atoms with E-state index in [4.69, 9.17) is 4.74 Å². The van der Waals surface area contributed by atoms with Crippen LogP contribution in [-0.4, -0.2) is 50.7 Å². The molecular formula is C9H20N2O2. The maximum absolute atomic E-state index is 11.0. The van der Waals surface area contributed by atoms with Gasteiger partial charge in [-0.05, 0) is 7.05 Å². The Balaban J connectivity index is 0.000000671. The minimum absolute atomic E-state index is 0.0310. The summed E-state index contributed by atoms with van der Waals surface area (Å²) in [5.74, 6) is -0.0310. The molecule has 78 valence electrons. The Bertz CT molecular complexity index is 151. The highest BCUT2D eigenvalue weighted by molar-refractivity contribution is 5.80. The van der Waals surface area contributed by atoms with Crippen LogP contribution in [0, 0.1) is 0 Å². The van der Waals surface area contributed by atoms with Crippen molar-refractivity contribution in [3.63, 3.8) is 0 Å². The molecule has 0 aromatic carbocycles. The van der Waals surface area contributed by atoms with Gasteiger partial charge in [-0.3, -0.25) is 4.79 Å². The lowest BCUT2D eigenvalue weighted by molar-refractivity contribution is -0.137. The van der Waals surface area contributed by atoms with Crippen molar-refractivity contribution in [2.45, 2.75) is 20.0 Å². The van der Waals surface area contributed by atoms with E-state index in [1.54, 1.807) is 7.05 Å². The molecule has 0 aromatic heterocycles. The van der Waals surface area contributed by atoms with Crippen LogP contribution in [0.5, 0.6) is 0 Å². The van der Waals surface area contributed by atoms with Crippen molar-refractivity contribution in [1.29, 1.82) is 0 Å². The van der Waals surface area contributed by atoms with Gasteiger partial charge in [-0.25, -0.2) is 0 Å². The molecule has 1 fully saturated rings. The average molecular weight is 188 g/mol. The Kier molecular flexibility index (Phi) is 6.54. The van der Waals surface area contributed by atoms with Crippen molar-refractivity contribution in [2.75, 3.05) is 33.8 Å². The number of hydrogen-bond donors (Lipinski definition) is 1. The van der Waals surface area contributed by atoms with Gasteiger partial charge in [0.25, 0.3) is 0 Å². The van der Waals surface area contributed by atoms with E-state index in [0.717, 1.165) is 6.54 Å². The number of ether oxygens (including phenoxy) is 1. The van der Waals surface area contributed by atoms with Crippen molar-refractivity contribution in [3.8, 4) is 0 Å². The lowest BCUT2D eigenvalue weighted by atomic mass is 10.3. The predicted octanol–water partition coefficient (Wildman–Crippen LogP) is 0.0892. The first-order valence-corrected chi connectivity index (χ1v) is 4.76. The quantitative estimate of drug-likeness (QED) is 0.634. The van der Waals surface area contributed by atoms with Gasteiger partial charge in [-0.2, -0.15) is 0 Å². The molecule has 1 aliphatic rings. The zero-order valence-corrected chi connectivity index (χ0v) is 8.96. The third-order valence-electron chi connectivity index (χ3n) is 1.81. The number of likely N-dealkylation sites (N-methyl/N-ethyl adjacent to an activating group) is 2. The summed E-state index contributed by atoms with van der Waals surface area (Å²) in [6, 6.07) is 0. The molecule has 0 aromatic rings. The third-order valence-corrected chi connectivity index (χ3v) is 1.81. The lowest BCUT2D eigenvalue weighted by Gasteiger charge is -2.28. The highest BCUT2D eigenvalue weighted by Gasteiger charge is 2.23. The van der Waals surface area contributed by atoms with Gasteiger partial charge in [0.05, 0.1) is 6.61 Å². The molecule has 4 heteroatoms. The number of nitrogens with one attached hydrogen (secondary N) is 1. The van der Waals surface area contributed by atoms with E-state index in [1.165, 1.54) is 0 Å². The monoisotopic (exact) mass is 188 g/mol. The number of nitrogens with zero attached hydrogens (tertiary/aromatic N) is 1. The second-order valence-electron chi connectivity index (χ2n) is 2.74. The number of rotatable bonds is 1. The Morgan fingerprint density at radius 1 is 1.54 bits per heavy atom. The van der Waals surface area contributed by atoms with Crippen molar-refractivity contribution in [1.82, 2.24) is 10.2 Å². The van der Waals surface area contributed by atoms with Gasteiger partial charge in [-0.1, -0.05) is 13.8 Å². The molecule has 0 saturated carbocycles. The standard InChI is InChI=1S/C7H14N2O2.C2H6/c1-8-7(10)6-5-9(2)3-4-11-6;1-2/h6H,3-5H2,1-2H3,(H,8,10);1-2H3. The van der Waals surface area contributed by atoms with E-state index in [2.05, 4.69) is 10.2 Å². The van der Waals surface area contributed by atoms with E-state index in [9.17, 15) is 4.79 Å². The zero-order valence-electron chi connectivity index (χ0n) is 8.96. The summed E-state index contributed by atoms with van der Waals surface area (Å²) in [5.41, 5.74) is 0. The first-order chi connectivity index (χ1) is 6.24. The van der Waals surface area contributed by atoms with Crippen LogP contribution in [0.15, 0.2) is 0 Å². The molecule has 0 radical (unpaired) electrons. The smallest absolute Gasteiger partial charge is 0.250 e. The van der Waals surface area contributed by atoms with Gasteiger partial charge in [0, 0.05) is 20.1 Å². The van der Waals surface area contributed by atoms with Gasteiger partial charge in [0.15, 0.2) is 0 Å². The van der Waals surface area contributed by atoms with Crippen LogP contribution >= 0.6 is 0 Å². The second kappa shape index (κ2) is 6.86. The Morgan fingerprint density at radius 3 is 2.62 bits per heavy atom. The van der Waals surface area contributed by atoms with Crippen LogP contribution in [0.3, 0.4) is 0 Å². The summed E-state index contributed by atoms with van der Waals surface area (Å²) in [6.45, 7) is 6.25. The van der Waals surface area contributed by atoms with Crippen molar-refractivity contribution in [2.24, 2.45) is 0 Å². The van der Waals surface area contributed by atoms with Gasteiger partial charge >= 0.3 is 0 Å². The first kappa shape index (κ1) is 12.4. The zero-order chi connectivity index (χ0) is 10.3. The molecule has 13 heavy (non-hydrogen) atoms. The van der Waals surface area contributed by atoms with E-state index >= 15 is 0 Å². The Labute approximate surface area is 80.2 Å². The van der Waals surface area contributed by atoms with Crippen LogP contribution < -0.4 is 5.32 Å². The van der Waals surface area contributed by atoms with Crippen LogP contribution in [0.1, 0.15) is 13.8 Å². The fourth-order valence-corrected chi connectivity index (χ4v) is 1.10. The van der Waals surface area contributed by atoms with Gasteiger partial charge < -0.3 is 15.0 Å². The van der Waals surface area contributed by atoms with Crippen LogP contribution in [0.25, 0.3) is 0 Å². The summed E-state index contributed by atoms with van der Waals surface area (Å²) in [7, 11) is 3.61. The van der Waals surface area contributed by atoms with Crippen molar-refractivity contribution in [3.05, 3.63) is 0 Å². The van der Waals surface area contributed by atoms with E-state index in [0.29, 0.717) is 13.2 Å². The molecule has 1 amide bonds. The largest absolute Gasteiger partial charge is 0.366 e. The van der Waals surface area contributed by atoms with E-state index in [1.807, 2.05) is 20.9 Å². The minimum atomic E-state index is -0.279. The molecule has 1 saturated heterocycles. The summed E-state index contributed by atoms with van der Waals surface area (Å²) in [6.07, 6.45) is -0.279. The average Bonchev–Trinajstić information content (AvgIpc) is 2.20. The van der Waals surface area contributed by atoms with Gasteiger partial charge in [0.1, 0.15) is 6.10 Å². The van der Waals surface area contributed by atoms with Crippen molar-refractivity contribution < 1.29 is 9.53 Å². The summed E-state index contributed by atoms with van der Waals surface area (Å²) < 4.78 is 5.25. The Hall–Kier alpha value is -0.610. The maximum Gasteiger partial charge on any atom is 0.250 e. The predicted molar refractivity (Wildman–Crippen MR) is 52.7 cm³/mol. The maximum atomic E-state index is 11.0. The molecule has 4 nitrogen and oxygen atoms in total. The summed E-state index contributed by atoms with van der Waals surface area (Å²) in [4.78, 5) is 13.1. The molecule has 1 heterocycles. The summed E-state index contributed by atoms with van der Waals surface area (Å²) in [5, 5.41) is 2.56. The van der Waals surface area contributed by atoms with Crippen LogP contribution in [-0.2, 0) is 9.53 Å². The Morgan fingerprint density at radius 2 is 2.15 bits per heavy atom. The number of carbonyl (C=O) groups is 1. The number of amides is 1. The molecular weight excluding hydrogens is 168 g/mol. The molecule has 0 spiro atoms. The van der Waals surface area contributed by atoms with E-state index in [-0.39, 0.29) is 12.0 Å². The van der Waals surface area contributed by atoms with Gasteiger partial charge in [-0.15, -0.1) is 0 Å². The lowest BCUT2D eigenvalue weighted by Crippen LogP contribution is -2.47. The van der Waals surface area contributed by atoms with Gasteiger partial charge in [0.2, 0.25) is 5.91 Å². The third kappa shape index (κ3) is 4.24. The topological polar surface area (TPSA) is 41.6 Å². The molecule has 1 N–H and O–H groups in total. The number of hydrogen-bond acceptors (Lipinski definition) is 3. The fourth-order valence-electron chi connectivity index (χ4n) is 1.10. The number of morpholine rings is 1. The van der Waals surface area contributed by atoms with Crippen molar-refractivity contribution >= 4 is 5.91 Å². The summed E-state index contributed by atoms with van der Waals surface area (Å²) >= 11 is 0. The molecule has 1 aliphatic heterocycles. The number of carbonyl (C=O) groups excluding carboxylic acids is 1. The molecule has 1 atom stereocenters.